The summed E-state index contributed by atoms with van der Waals surface area (Å²) in [4.78, 5) is 23.8. The molecule has 0 aromatic heterocycles. The number of imide groups is 1. The first-order valence-electron chi connectivity index (χ1n) is 4.48. The molecule has 1 atom stereocenters. The van der Waals surface area contributed by atoms with Gasteiger partial charge in [-0.3, -0.25) is 10.1 Å². The zero-order chi connectivity index (χ0) is 11.8. The van der Waals surface area contributed by atoms with Gasteiger partial charge in [-0.1, -0.05) is 6.08 Å². The average Bonchev–Trinajstić information content (AvgIpc) is 2.17. The fraction of sp³-hybridized carbons (Fsp3) is 0.556. The van der Waals surface area contributed by atoms with E-state index in [0.717, 1.165) is 0 Å². The van der Waals surface area contributed by atoms with E-state index in [1.54, 1.807) is 0 Å². The molecule has 0 aliphatic carbocycles. The molecule has 0 aliphatic rings. The number of hydrogen-bond acceptors (Lipinski definition) is 3. The fourth-order valence-electron chi connectivity index (χ4n) is 0.836. The number of rotatable bonds is 5. The number of halogens is 1. The summed E-state index contributed by atoms with van der Waals surface area (Å²) in [6, 6.07) is -0.582. The smallest absolute Gasteiger partial charge is 0.324 e. The van der Waals surface area contributed by atoms with Gasteiger partial charge in [-0.15, -0.1) is 18.2 Å². The van der Waals surface area contributed by atoms with E-state index < -0.39 is 17.3 Å². The number of aliphatic hydroxyl groups excluding tert-OH is 1. The van der Waals surface area contributed by atoms with Crippen LogP contribution in [0.1, 0.15) is 6.92 Å². The van der Waals surface area contributed by atoms with Gasteiger partial charge in [0, 0.05) is 13.1 Å². The predicted octanol–water partition coefficient (Wildman–Crippen LogP) is 0.330. The molecule has 2 N–H and O–H groups in total. The molecule has 0 aromatic carbocycles. The molecule has 0 fully saturated rings. The van der Waals surface area contributed by atoms with Crippen molar-refractivity contribution in [1.29, 1.82) is 0 Å². The minimum absolute atomic E-state index is 0.141. The Morgan fingerprint density at radius 1 is 1.67 bits per heavy atom. The summed E-state index contributed by atoms with van der Waals surface area (Å²) >= 11 is 5.48. The van der Waals surface area contributed by atoms with Gasteiger partial charge in [-0.05, 0) is 6.92 Å². The number of carbonyl (C=O) groups is 2. The minimum atomic E-state index is -0.770. The van der Waals surface area contributed by atoms with Crippen LogP contribution < -0.4 is 5.32 Å². The highest BCUT2D eigenvalue weighted by Gasteiger charge is 2.17. The van der Waals surface area contributed by atoms with Gasteiger partial charge in [-0.2, -0.15) is 0 Å². The molecule has 0 heterocycles. The van der Waals surface area contributed by atoms with Crippen LogP contribution in [-0.2, 0) is 4.79 Å². The second-order valence-electron chi connectivity index (χ2n) is 2.87. The van der Waals surface area contributed by atoms with E-state index >= 15 is 0 Å². The Balaban J connectivity index is 4.24. The van der Waals surface area contributed by atoms with Gasteiger partial charge in [0.15, 0.2) is 0 Å². The van der Waals surface area contributed by atoms with Gasteiger partial charge in [-0.25, -0.2) is 4.79 Å². The van der Waals surface area contributed by atoms with Crippen molar-refractivity contribution < 1.29 is 14.7 Å². The van der Waals surface area contributed by atoms with Crippen molar-refractivity contribution in [2.24, 2.45) is 0 Å². The molecular formula is C9H15ClN2O3. The summed E-state index contributed by atoms with van der Waals surface area (Å²) in [5, 5.41) is 10.0. The fourth-order valence-corrected chi connectivity index (χ4v) is 0.891. The van der Waals surface area contributed by atoms with Crippen LogP contribution in [0.2, 0.25) is 0 Å². The normalized spacial score (nSPS) is 11.7. The highest BCUT2D eigenvalue weighted by Crippen LogP contribution is 1.95. The number of aliphatic hydroxyl groups is 1. The molecule has 0 rings (SSSR count). The first-order chi connectivity index (χ1) is 7.02. The van der Waals surface area contributed by atoms with Gasteiger partial charge in [0.2, 0.25) is 5.91 Å². The van der Waals surface area contributed by atoms with Crippen LogP contribution in [0, 0.1) is 0 Å². The van der Waals surface area contributed by atoms with Gasteiger partial charge in [0.05, 0.1) is 6.61 Å². The van der Waals surface area contributed by atoms with E-state index in [-0.39, 0.29) is 19.7 Å². The largest absolute Gasteiger partial charge is 0.395 e. The van der Waals surface area contributed by atoms with Crippen molar-refractivity contribution in [3.63, 3.8) is 0 Å². The molecule has 0 aliphatic heterocycles. The molecule has 1 unspecified atom stereocenters. The first-order valence-corrected chi connectivity index (χ1v) is 4.92. The van der Waals surface area contributed by atoms with E-state index in [1.807, 2.05) is 0 Å². The lowest BCUT2D eigenvalue weighted by atomic mass is 10.4. The lowest BCUT2D eigenvalue weighted by molar-refractivity contribution is -0.119. The predicted molar refractivity (Wildman–Crippen MR) is 57.7 cm³/mol. The topological polar surface area (TPSA) is 69.6 Å². The summed E-state index contributed by atoms with van der Waals surface area (Å²) < 4.78 is 0. The highest BCUT2D eigenvalue weighted by atomic mass is 35.5. The maximum absolute atomic E-state index is 11.4. The van der Waals surface area contributed by atoms with E-state index in [2.05, 4.69) is 11.9 Å². The minimum Gasteiger partial charge on any atom is -0.395 e. The van der Waals surface area contributed by atoms with Gasteiger partial charge >= 0.3 is 6.03 Å². The zero-order valence-electron chi connectivity index (χ0n) is 8.57. The Morgan fingerprint density at radius 3 is 2.67 bits per heavy atom. The average molecular weight is 235 g/mol. The highest BCUT2D eigenvalue weighted by molar-refractivity contribution is 6.31. The SMILES string of the molecule is C=CCN(CCO)C(=O)NC(=O)C(C)Cl. The zero-order valence-corrected chi connectivity index (χ0v) is 9.33. The number of alkyl halides is 1. The summed E-state index contributed by atoms with van der Waals surface area (Å²) in [7, 11) is 0. The Kier molecular flexibility index (Phi) is 6.73. The Hall–Kier alpha value is -1.07. The van der Waals surface area contributed by atoms with Crippen LogP contribution in [0.3, 0.4) is 0 Å². The maximum atomic E-state index is 11.4. The molecule has 3 amide bonds. The summed E-state index contributed by atoms with van der Waals surface area (Å²) in [5.41, 5.74) is 0. The Labute approximate surface area is 93.7 Å². The number of nitrogens with zero attached hydrogens (tertiary/aromatic N) is 1. The monoisotopic (exact) mass is 234 g/mol. The molecule has 0 radical (unpaired) electrons. The van der Waals surface area contributed by atoms with Gasteiger partial charge < -0.3 is 10.0 Å². The Morgan fingerprint density at radius 2 is 2.27 bits per heavy atom. The molecule has 6 heteroatoms. The van der Waals surface area contributed by atoms with Crippen molar-refractivity contribution in [3.05, 3.63) is 12.7 Å². The maximum Gasteiger partial charge on any atom is 0.324 e. The molecule has 0 saturated heterocycles. The molecule has 15 heavy (non-hydrogen) atoms. The van der Waals surface area contributed by atoms with Gasteiger partial charge in [0.25, 0.3) is 0 Å². The number of nitrogens with one attached hydrogen (secondary N) is 1. The third kappa shape index (κ3) is 5.39. The van der Waals surface area contributed by atoms with Crippen LogP contribution in [0.15, 0.2) is 12.7 Å². The molecule has 0 saturated carbocycles. The van der Waals surface area contributed by atoms with Gasteiger partial charge in [0.1, 0.15) is 5.38 Å². The number of amides is 3. The first kappa shape index (κ1) is 13.9. The van der Waals surface area contributed by atoms with Crippen LogP contribution in [0.25, 0.3) is 0 Å². The molecule has 0 aromatic rings. The van der Waals surface area contributed by atoms with Crippen molar-refractivity contribution >= 4 is 23.5 Å². The number of carbonyl (C=O) groups excluding carboxylic acids is 2. The van der Waals surface area contributed by atoms with Crippen molar-refractivity contribution in [1.82, 2.24) is 10.2 Å². The van der Waals surface area contributed by atoms with Crippen LogP contribution >= 0.6 is 11.6 Å². The van der Waals surface area contributed by atoms with E-state index in [0.29, 0.717) is 0 Å². The summed E-state index contributed by atoms with van der Waals surface area (Å²) in [6.07, 6.45) is 1.50. The van der Waals surface area contributed by atoms with E-state index in [9.17, 15) is 9.59 Å². The second kappa shape index (κ2) is 7.25. The second-order valence-corrected chi connectivity index (χ2v) is 3.52. The van der Waals surface area contributed by atoms with E-state index in [1.165, 1.54) is 17.9 Å². The summed E-state index contributed by atoms with van der Waals surface area (Å²) in [6.45, 7) is 5.16. The van der Waals surface area contributed by atoms with E-state index in [4.69, 9.17) is 16.7 Å². The van der Waals surface area contributed by atoms with Crippen molar-refractivity contribution in [2.45, 2.75) is 12.3 Å². The molecule has 5 nitrogen and oxygen atoms in total. The summed E-state index contributed by atoms with van der Waals surface area (Å²) in [5.74, 6) is -0.561. The molecular weight excluding hydrogens is 220 g/mol. The lowest BCUT2D eigenvalue weighted by Gasteiger charge is -2.20. The standard InChI is InChI=1S/C9H15ClN2O3/c1-3-4-12(5-6-13)9(15)11-8(14)7(2)10/h3,7,13H,1,4-6H2,2H3,(H,11,14,15). The van der Waals surface area contributed by atoms with Crippen molar-refractivity contribution in [2.75, 3.05) is 19.7 Å². The number of hydrogen-bond donors (Lipinski definition) is 2. The van der Waals surface area contributed by atoms with Crippen molar-refractivity contribution in [3.8, 4) is 0 Å². The molecule has 0 spiro atoms. The van der Waals surface area contributed by atoms with Crippen LogP contribution in [0.5, 0.6) is 0 Å². The lowest BCUT2D eigenvalue weighted by Crippen LogP contribution is -2.46. The third-order valence-corrected chi connectivity index (χ3v) is 1.80. The Bertz CT molecular complexity index is 244. The number of urea groups is 1. The molecule has 86 valence electrons. The van der Waals surface area contributed by atoms with Crippen LogP contribution in [0.4, 0.5) is 4.79 Å². The third-order valence-electron chi connectivity index (χ3n) is 1.60. The quantitative estimate of drug-likeness (QED) is 0.532. The van der Waals surface area contributed by atoms with Crippen LogP contribution in [-0.4, -0.2) is 47.0 Å². The molecule has 0 bridgehead atoms.